The molecular formula is C31H33FN4O2. The number of carbonyl (C=O) groups excluding carboxylic acids is 2. The Hall–Kier alpha value is -3.71. The van der Waals surface area contributed by atoms with Crippen LogP contribution in [-0.4, -0.2) is 67.4 Å². The van der Waals surface area contributed by atoms with Crippen molar-refractivity contribution in [3.8, 4) is 0 Å². The molecule has 196 valence electrons. The van der Waals surface area contributed by atoms with Gasteiger partial charge < -0.3 is 15.1 Å². The van der Waals surface area contributed by atoms with Crippen LogP contribution < -0.4 is 10.2 Å². The first-order valence-electron chi connectivity index (χ1n) is 13.6. The first-order chi connectivity index (χ1) is 18.6. The highest BCUT2D eigenvalue weighted by atomic mass is 19.1. The number of benzene rings is 3. The number of carbonyl (C=O) groups is 2. The number of amides is 2. The van der Waals surface area contributed by atoms with E-state index in [2.05, 4.69) is 27.2 Å². The molecule has 1 fully saturated rings. The number of halogens is 1. The molecule has 2 atom stereocenters. The fourth-order valence-electron chi connectivity index (χ4n) is 6.26. The molecular weight excluding hydrogens is 479 g/mol. The molecule has 0 aliphatic carbocycles. The summed E-state index contributed by atoms with van der Waals surface area (Å²) in [6, 6.07) is 22.2. The van der Waals surface area contributed by atoms with Gasteiger partial charge in [-0.15, -0.1) is 0 Å². The molecule has 0 bridgehead atoms. The maximum absolute atomic E-state index is 13.7. The van der Waals surface area contributed by atoms with Gasteiger partial charge in [0, 0.05) is 50.5 Å². The lowest BCUT2D eigenvalue weighted by Gasteiger charge is -2.45. The third-order valence-electron chi connectivity index (χ3n) is 8.23. The van der Waals surface area contributed by atoms with Crippen LogP contribution in [0, 0.1) is 5.82 Å². The number of hydrogen-bond acceptors (Lipinski definition) is 4. The molecule has 1 N–H and O–H groups in total. The van der Waals surface area contributed by atoms with Crippen molar-refractivity contribution < 1.29 is 14.0 Å². The summed E-state index contributed by atoms with van der Waals surface area (Å²) in [6.45, 7) is 5.83. The van der Waals surface area contributed by atoms with Crippen LogP contribution in [0.1, 0.15) is 45.4 Å². The number of rotatable bonds is 6. The van der Waals surface area contributed by atoms with E-state index in [4.69, 9.17) is 0 Å². The summed E-state index contributed by atoms with van der Waals surface area (Å²) in [6.07, 6.45) is 1.67. The lowest BCUT2D eigenvalue weighted by molar-refractivity contribution is -0.124. The lowest BCUT2D eigenvalue weighted by Crippen LogP contribution is -2.50. The smallest absolute Gasteiger partial charge is 0.254 e. The van der Waals surface area contributed by atoms with Crippen LogP contribution in [-0.2, 0) is 11.2 Å². The average Bonchev–Trinajstić information content (AvgIpc) is 2.96. The minimum Gasteiger partial charge on any atom is -0.369 e. The van der Waals surface area contributed by atoms with Crippen molar-refractivity contribution in [2.75, 3.05) is 50.7 Å². The topological polar surface area (TPSA) is 55.9 Å². The first-order valence-corrected chi connectivity index (χ1v) is 13.6. The first kappa shape index (κ1) is 24.6. The zero-order valence-corrected chi connectivity index (χ0v) is 21.5. The van der Waals surface area contributed by atoms with Crippen molar-refractivity contribution >= 4 is 17.5 Å². The second kappa shape index (κ2) is 10.6. The van der Waals surface area contributed by atoms with Gasteiger partial charge in [0.2, 0.25) is 5.91 Å². The summed E-state index contributed by atoms with van der Waals surface area (Å²) in [5.41, 5.74) is 4.83. The summed E-state index contributed by atoms with van der Waals surface area (Å²) in [7, 11) is 0. The lowest BCUT2D eigenvalue weighted by atomic mass is 9.76. The summed E-state index contributed by atoms with van der Waals surface area (Å²) in [4.78, 5) is 33.7. The van der Waals surface area contributed by atoms with E-state index in [1.807, 2.05) is 53.4 Å². The van der Waals surface area contributed by atoms with Gasteiger partial charge in [0.1, 0.15) is 5.82 Å². The molecule has 1 saturated heterocycles. The number of nitrogens with one attached hydrogen (secondary N) is 1. The van der Waals surface area contributed by atoms with Crippen molar-refractivity contribution in [1.29, 1.82) is 0 Å². The maximum atomic E-state index is 13.7. The highest BCUT2D eigenvalue weighted by molar-refractivity contribution is 6.01. The Kier molecular flexibility index (Phi) is 6.85. The van der Waals surface area contributed by atoms with Crippen LogP contribution in [0.2, 0.25) is 0 Å². The van der Waals surface area contributed by atoms with Gasteiger partial charge >= 0.3 is 0 Å². The normalized spacial score (nSPS) is 20.9. The fraction of sp³-hybridized carbons (Fsp3) is 0.355. The number of hydrogen-bond donors (Lipinski definition) is 1. The molecule has 38 heavy (non-hydrogen) atoms. The third-order valence-corrected chi connectivity index (χ3v) is 8.23. The largest absolute Gasteiger partial charge is 0.369 e. The molecule has 6 rings (SSSR count). The number of nitrogens with zero attached hydrogens (tertiary/aromatic N) is 3. The quantitative estimate of drug-likeness (QED) is 0.508. The number of fused-ring (bicyclic) bond motifs is 4. The van der Waals surface area contributed by atoms with E-state index in [1.165, 1.54) is 17.7 Å². The van der Waals surface area contributed by atoms with Crippen molar-refractivity contribution in [2.24, 2.45) is 0 Å². The second-order valence-electron chi connectivity index (χ2n) is 10.4. The molecule has 3 aliphatic heterocycles. The minimum absolute atomic E-state index is 0.0159. The fourth-order valence-corrected chi connectivity index (χ4v) is 6.26. The summed E-state index contributed by atoms with van der Waals surface area (Å²) < 4.78 is 13.2. The van der Waals surface area contributed by atoms with Crippen LogP contribution in [0.25, 0.3) is 0 Å². The molecule has 0 saturated carbocycles. The molecule has 0 radical (unpaired) electrons. The number of anilines is 1. The zero-order chi connectivity index (χ0) is 26.1. The van der Waals surface area contributed by atoms with E-state index in [9.17, 15) is 14.0 Å². The van der Waals surface area contributed by atoms with Gasteiger partial charge in [-0.3, -0.25) is 14.5 Å². The molecule has 3 heterocycles. The van der Waals surface area contributed by atoms with Crippen LogP contribution in [0.5, 0.6) is 0 Å². The summed E-state index contributed by atoms with van der Waals surface area (Å²) >= 11 is 0. The van der Waals surface area contributed by atoms with E-state index < -0.39 is 5.92 Å². The van der Waals surface area contributed by atoms with Crippen LogP contribution in [0.15, 0.2) is 72.8 Å². The van der Waals surface area contributed by atoms with Gasteiger partial charge in [-0.2, -0.15) is 0 Å². The van der Waals surface area contributed by atoms with Gasteiger partial charge in [0.15, 0.2) is 0 Å². The standard InChI is InChI=1S/C31H33FN4O2/c32-23-10-12-24(13-11-23)35-20-18-34(19-21-35)16-5-15-33-30(37)28-26-8-3-4-9-27(26)31(38)36-17-14-22-6-1-2-7-25(22)29(28)36/h1-4,6-13,28-29H,5,14-21H2,(H,33,37)/t28-,29+/m1/s1. The molecule has 6 nitrogen and oxygen atoms in total. The Morgan fingerprint density at radius 2 is 1.58 bits per heavy atom. The van der Waals surface area contributed by atoms with Crippen molar-refractivity contribution in [1.82, 2.24) is 15.1 Å². The van der Waals surface area contributed by atoms with E-state index in [0.717, 1.165) is 62.4 Å². The molecule has 3 aromatic rings. The highest BCUT2D eigenvalue weighted by Crippen LogP contribution is 2.45. The zero-order valence-electron chi connectivity index (χ0n) is 21.5. The highest BCUT2D eigenvalue weighted by Gasteiger charge is 2.46. The Bertz CT molecular complexity index is 1320. The molecule has 7 heteroatoms. The molecule has 0 unspecified atom stereocenters. The molecule has 3 aromatic carbocycles. The molecule has 3 aliphatic rings. The van der Waals surface area contributed by atoms with Crippen LogP contribution in [0.3, 0.4) is 0 Å². The average molecular weight is 513 g/mol. The van der Waals surface area contributed by atoms with E-state index in [1.54, 1.807) is 0 Å². The number of piperazine rings is 1. The minimum atomic E-state index is -0.426. The Morgan fingerprint density at radius 3 is 2.37 bits per heavy atom. The Morgan fingerprint density at radius 1 is 0.868 bits per heavy atom. The SMILES string of the molecule is O=C(NCCCN1CCN(c2ccc(F)cc2)CC1)[C@@H]1c2ccccc2C(=O)N2CCc3ccccc3[C@@H]12. The second-order valence-corrected chi connectivity index (χ2v) is 10.4. The molecule has 0 aromatic heterocycles. The summed E-state index contributed by atoms with van der Waals surface area (Å²) in [5.74, 6) is -0.635. The molecule has 0 spiro atoms. The van der Waals surface area contributed by atoms with Gasteiger partial charge in [-0.1, -0.05) is 42.5 Å². The Labute approximate surface area is 223 Å². The van der Waals surface area contributed by atoms with Crippen LogP contribution >= 0.6 is 0 Å². The van der Waals surface area contributed by atoms with Gasteiger partial charge in [0.25, 0.3) is 5.91 Å². The van der Waals surface area contributed by atoms with Gasteiger partial charge in [-0.25, -0.2) is 4.39 Å². The molecule has 2 amide bonds. The monoisotopic (exact) mass is 512 g/mol. The van der Waals surface area contributed by atoms with Crippen molar-refractivity contribution in [3.05, 3.63) is 101 Å². The maximum Gasteiger partial charge on any atom is 0.254 e. The van der Waals surface area contributed by atoms with Crippen molar-refractivity contribution in [2.45, 2.75) is 24.8 Å². The Balaban J connectivity index is 1.09. The van der Waals surface area contributed by atoms with Crippen molar-refractivity contribution in [3.63, 3.8) is 0 Å². The van der Waals surface area contributed by atoms with E-state index in [-0.39, 0.29) is 23.7 Å². The predicted molar refractivity (Wildman–Crippen MR) is 146 cm³/mol. The van der Waals surface area contributed by atoms with Crippen LogP contribution in [0.4, 0.5) is 10.1 Å². The predicted octanol–water partition coefficient (Wildman–Crippen LogP) is 3.99. The van der Waals surface area contributed by atoms with E-state index >= 15 is 0 Å². The summed E-state index contributed by atoms with van der Waals surface area (Å²) in [5, 5.41) is 3.20. The third kappa shape index (κ3) is 4.67. The van der Waals surface area contributed by atoms with Gasteiger partial charge in [0.05, 0.1) is 12.0 Å². The van der Waals surface area contributed by atoms with Gasteiger partial charge in [-0.05, 0) is 66.4 Å². The van der Waals surface area contributed by atoms with E-state index in [0.29, 0.717) is 18.7 Å².